The highest BCUT2D eigenvalue weighted by Gasteiger charge is 2.29. The summed E-state index contributed by atoms with van der Waals surface area (Å²) in [4.78, 5) is 87.6. The van der Waals surface area contributed by atoms with Crippen LogP contribution >= 0.6 is 0 Å². The van der Waals surface area contributed by atoms with Crippen LogP contribution in [0, 0.1) is 11.3 Å². The molecule has 7 amide bonds. The summed E-state index contributed by atoms with van der Waals surface area (Å²) < 4.78 is 5.61. The number of benzene rings is 1. The van der Waals surface area contributed by atoms with E-state index in [2.05, 4.69) is 21.3 Å². The summed E-state index contributed by atoms with van der Waals surface area (Å²) in [5.41, 5.74) is 6.21. The predicted molar refractivity (Wildman–Crippen MR) is 188 cm³/mol. The second kappa shape index (κ2) is 20.1. The molecule has 0 saturated carbocycles. The van der Waals surface area contributed by atoms with Crippen LogP contribution in [-0.4, -0.2) is 71.6 Å². The number of nitrogens with zero attached hydrogens (tertiary/aromatic N) is 1. The maximum Gasteiger partial charge on any atom is 0.312 e. The van der Waals surface area contributed by atoms with Gasteiger partial charge < -0.3 is 31.7 Å². The zero-order valence-electron chi connectivity index (χ0n) is 30.1. The molecule has 1 aromatic carbocycles. The van der Waals surface area contributed by atoms with Crippen molar-refractivity contribution < 1.29 is 38.3 Å². The molecule has 0 bridgehead atoms. The van der Waals surface area contributed by atoms with Gasteiger partial charge in [0.25, 0.3) is 11.8 Å². The summed E-state index contributed by atoms with van der Waals surface area (Å²) in [5, 5.41) is 10.8. The van der Waals surface area contributed by atoms with Crippen molar-refractivity contribution in [1.82, 2.24) is 20.9 Å². The van der Waals surface area contributed by atoms with Crippen molar-refractivity contribution in [2.75, 3.05) is 18.4 Å². The third-order valence-electron chi connectivity index (χ3n) is 8.59. The monoisotopic (exact) mass is 698 g/mol. The Balaban J connectivity index is 1.98. The minimum Gasteiger partial charge on any atom is -0.458 e. The number of hydrogen-bond donors (Lipinski definition) is 5. The number of nitrogens with one attached hydrogen (secondary N) is 4. The molecule has 276 valence electrons. The normalized spacial score (nSPS) is 14.6. The number of ether oxygens (including phenoxy) is 1. The number of unbranched alkanes of at least 4 members (excludes halogenated alkanes) is 2. The van der Waals surface area contributed by atoms with Crippen molar-refractivity contribution in [3.05, 3.63) is 42.0 Å². The zero-order chi connectivity index (χ0) is 37.4. The van der Waals surface area contributed by atoms with Crippen LogP contribution in [0.1, 0.15) is 105 Å². The lowest BCUT2D eigenvalue weighted by Crippen LogP contribution is -2.54. The number of nitrogens with two attached hydrogens (primary N) is 1. The number of carbonyl (C=O) groups is 7. The Labute approximate surface area is 294 Å². The largest absolute Gasteiger partial charge is 0.458 e. The number of imide groups is 1. The molecule has 14 nitrogen and oxygen atoms in total. The van der Waals surface area contributed by atoms with Crippen molar-refractivity contribution in [2.24, 2.45) is 17.1 Å². The standard InChI is InChI=1S/C36H54N6O8/c1-7-36(5,6)22-31(46)50-24(4)25-14-16-26(17-15-25)39-33(47)27(12-11-20-38-35(37)49)40-34(48)32(23(2)3)41-28(43)13-9-8-10-21-42-29(44)18-19-30(42)45/h14-19,23-24,27,32H,7-13,20-22H2,1-6H3,(H,39,47)(H,40,48)(H,41,43)(H3,37,38,49)/t24?,27-,32?/m0/s1. The zero-order valence-corrected chi connectivity index (χ0v) is 30.1. The first-order valence-corrected chi connectivity index (χ1v) is 17.3. The molecule has 0 spiro atoms. The van der Waals surface area contributed by atoms with Crippen molar-refractivity contribution in [3.8, 4) is 0 Å². The van der Waals surface area contributed by atoms with Crippen LogP contribution in [0.25, 0.3) is 0 Å². The molecular formula is C36H54N6O8. The molecule has 1 heterocycles. The first-order chi connectivity index (χ1) is 23.5. The maximum absolute atomic E-state index is 13.4. The van der Waals surface area contributed by atoms with E-state index in [0.717, 1.165) is 16.9 Å². The summed E-state index contributed by atoms with van der Waals surface area (Å²) in [6, 6.07) is 4.22. The molecule has 0 fully saturated rings. The Hall–Kier alpha value is -4.75. The fourth-order valence-corrected chi connectivity index (χ4v) is 5.10. The molecule has 0 aliphatic carbocycles. The van der Waals surface area contributed by atoms with Gasteiger partial charge in [0.2, 0.25) is 17.7 Å². The van der Waals surface area contributed by atoms with E-state index >= 15 is 0 Å². The van der Waals surface area contributed by atoms with Crippen LogP contribution in [0.3, 0.4) is 0 Å². The first-order valence-electron chi connectivity index (χ1n) is 17.3. The third-order valence-corrected chi connectivity index (χ3v) is 8.59. The molecular weight excluding hydrogens is 644 g/mol. The van der Waals surface area contributed by atoms with Crippen LogP contribution in [0.4, 0.5) is 10.5 Å². The lowest BCUT2D eigenvalue weighted by molar-refractivity contribution is -0.151. The van der Waals surface area contributed by atoms with E-state index < -0.39 is 36.0 Å². The summed E-state index contributed by atoms with van der Waals surface area (Å²) >= 11 is 0. The Morgan fingerprint density at radius 3 is 2.10 bits per heavy atom. The van der Waals surface area contributed by atoms with Gasteiger partial charge in [0, 0.05) is 37.3 Å². The number of rotatable bonds is 21. The molecule has 0 aromatic heterocycles. The van der Waals surface area contributed by atoms with Crippen molar-refractivity contribution in [1.29, 1.82) is 0 Å². The second-order valence-corrected chi connectivity index (χ2v) is 13.7. The van der Waals surface area contributed by atoms with Crippen molar-refractivity contribution in [2.45, 2.75) is 111 Å². The predicted octanol–water partition coefficient (Wildman–Crippen LogP) is 3.62. The van der Waals surface area contributed by atoms with E-state index in [0.29, 0.717) is 37.8 Å². The molecule has 2 rings (SSSR count). The molecule has 2 unspecified atom stereocenters. The summed E-state index contributed by atoms with van der Waals surface area (Å²) in [5.74, 6) is -2.64. The lowest BCUT2D eigenvalue weighted by atomic mass is 9.87. The third kappa shape index (κ3) is 14.4. The molecule has 3 atom stereocenters. The van der Waals surface area contributed by atoms with Crippen LogP contribution in [0.15, 0.2) is 36.4 Å². The average molecular weight is 699 g/mol. The van der Waals surface area contributed by atoms with Gasteiger partial charge in [0.15, 0.2) is 0 Å². The van der Waals surface area contributed by atoms with Crippen LogP contribution in [0.5, 0.6) is 0 Å². The average Bonchev–Trinajstić information content (AvgIpc) is 3.36. The van der Waals surface area contributed by atoms with E-state index in [9.17, 15) is 33.6 Å². The number of hydrogen-bond acceptors (Lipinski definition) is 8. The number of urea groups is 1. The fraction of sp³-hybridized carbons (Fsp3) is 0.583. The SMILES string of the molecule is CCC(C)(C)CC(=O)OC(C)c1ccc(NC(=O)[C@H](CCCNC(N)=O)NC(=O)C(NC(=O)CCCCCN2C(=O)C=CC2=O)C(C)C)cc1. The van der Waals surface area contributed by atoms with Crippen LogP contribution < -0.4 is 27.0 Å². The van der Waals surface area contributed by atoms with E-state index in [-0.39, 0.29) is 61.0 Å². The van der Waals surface area contributed by atoms with Crippen molar-refractivity contribution in [3.63, 3.8) is 0 Å². The number of amides is 7. The summed E-state index contributed by atoms with van der Waals surface area (Å²) in [6.45, 7) is 11.8. The van der Waals surface area contributed by atoms with Gasteiger partial charge in [-0.05, 0) is 61.6 Å². The van der Waals surface area contributed by atoms with Gasteiger partial charge in [0.05, 0.1) is 6.42 Å². The molecule has 1 aromatic rings. The Kier molecular flexibility index (Phi) is 16.6. The second-order valence-electron chi connectivity index (χ2n) is 13.7. The van der Waals surface area contributed by atoms with Crippen LogP contribution in [-0.2, 0) is 33.5 Å². The van der Waals surface area contributed by atoms with Gasteiger partial charge in [-0.1, -0.05) is 59.6 Å². The number of primary amides is 1. The lowest BCUT2D eigenvalue weighted by Gasteiger charge is -2.25. The highest BCUT2D eigenvalue weighted by atomic mass is 16.5. The van der Waals surface area contributed by atoms with Gasteiger partial charge in [-0.2, -0.15) is 0 Å². The Bertz CT molecular complexity index is 1370. The summed E-state index contributed by atoms with van der Waals surface area (Å²) in [7, 11) is 0. The van der Waals surface area contributed by atoms with Crippen LogP contribution in [0.2, 0.25) is 0 Å². The minimum absolute atomic E-state index is 0.143. The topological polar surface area (TPSA) is 206 Å². The van der Waals surface area contributed by atoms with Gasteiger partial charge in [-0.25, -0.2) is 4.79 Å². The maximum atomic E-state index is 13.4. The van der Waals surface area contributed by atoms with E-state index in [1.54, 1.807) is 45.0 Å². The summed E-state index contributed by atoms with van der Waals surface area (Å²) in [6.07, 6.45) is 5.42. The number of carbonyl (C=O) groups excluding carboxylic acids is 7. The molecule has 1 aliphatic rings. The minimum atomic E-state index is -0.998. The molecule has 6 N–H and O–H groups in total. The molecule has 14 heteroatoms. The highest BCUT2D eigenvalue weighted by molar-refractivity contribution is 6.12. The quantitative estimate of drug-likeness (QED) is 0.0727. The first kappa shape index (κ1) is 41.4. The van der Waals surface area contributed by atoms with E-state index in [1.807, 2.05) is 20.8 Å². The molecule has 1 aliphatic heterocycles. The smallest absolute Gasteiger partial charge is 0.312 e. The molecule has 0 saturated heterocycles. The van der Waals surface area contributed by atoms with E-state index in [1.165, 1.54) is 12.2 Å². The fourth-order valence-electron chi connectivity index (χ4n) is 5.10. The molecule has 50 heavy (non-hydrogen) atoms. The Morgan fingerprint density at radius 1 is 0.880 bits per heavy atom. The molecule has 0 radical (unpaired) electrons. The van der Waals surface area contributed by atoms with Gasteiger partial charge in [0.1, 0.15) is 18.2 Å². The van der Waals surface area contributed by atoms with Gasteiger partial charge in [-0.15, -0.1) is 0 Å². The number of anilines is 1. The van der Waals surface area contributed by atoms with Crippen molar-refractivity contribution >= 4 is 47.2 Å². The number of esters is 1. The van der Waals surface area contributed by atoms with Gasteiger partial charge >= 0.3 is 12.0 Å². The Morgan fingerprint density at radius 2 is 1.52 bits per heavy atom. The van der Waals surface area contributed by atoms with Gasteiger partial charge in [-0.3, -0.25) is 33.7 Å². The van der Waals surface area contributed by atoms with E-state index in [4.69, 9.17) is 10.5 Å². The highest BCUT2D eigenvalue weighted by Crippen LogP contribution is 2.27.